The molecular weight excluding hydrogens is 218 g/mol. The summed E-state index contributed by atoms with van der Waals surface area (Å²) in [6.45, 7) is 0.675. The van der Waals surface area contributed by atoms with Crippen molar-refractivity contribution in [1.29, 1.82) is 0 Å². The monoisotopic (exact) mass is 231 g/mol. The lowest BCUT2D eigenvalue weighted by molar-refractivity contribution is -0.119. The fourth-order valence-electron chi connectivity index (χ4n) is 2.53. The molecule has 1 aromatic carbocycles. The largest absolute Gasteiger partial charge is 0.399 e. The number of fused-ring (bicyclic) bond motifs is 1. The summed E-state index contributed by atoms with van der Waals surface area (Å²) in [6, 6.07) is 6.38. The number of rotatable bonds is 1. The van der Waals surface area contributed by atoms with Gasteiger partial charge in [0.1, 0.15) is 6.04 Å². The molecule has 1 atom stereocenters. The van der Waals surface area contributed by atoms with Gasteiger partial charge in [0, 0.05) is 12.2 Å². The van der Waals surface area contributed by atoms with Crippen LogP contribution in [0.4, 0.5) is 16.2 Å². The molecule has 0 saturated carbocycles. The van der Waals surface area contributed by atoms with Gasteiger partial charge in [-0.25, -0.2) is 9.69 Å². The molecule has 3 rings (SSSR count). The Morgan fingerprint density at radius 3 is 2.82 bits per heavy atom. The van der Waals surface area contributed by atoms with Crippen molar-refractivity contribution >= 4 is 23.3 Å². The van der Waals surface area contributed by atoms with Gasteiger partial charge in [-0.1, -0.05) is 6.07 Å². The summed E-state index contributed by atoms with van der Waals surface area (Å²) in [5, 5.41) is 0. The van der Waals surface area contributed by atoms with Crippen LogP contribution in [-0.4, -0.2) is 29.4 Å². The zero-order valence-corrected chi connectivity index (χ0v) is 9.30. The number of nitrogen functional groups attached to an aromatic ring is 1. The Kier molecular flexibility index (Phi) is 2.07. The Labute approximate surface area is 98.8 Å². The van der Waals surface area contributed by atoms with E-state index >= 15 is 0 Å². The van der Waals surface area contributed by atoms with Crippen LogP contribution in [0.1, 0.15) is 12.8 Å². The Morgan fingerprint density at radius 2 is 2.12 bits per heavy atom. The summed E-state index contributed by atoms with van der Waals surface area (Å²) in [7, 11) is 0. The lowest BCUT2D eigenvalue weighted by Gasteiger charge is -2.15. The van der Waals surface area contributed by atoms with Crippen LogP contribution in [0.2, 0.25) is 0 Å². The molecule has 3 amide bonds. The van der Waals surface area contributed by atoms with E-state index in [0.29, 0.717) is 17.9 Å². The van der Waals surface area contributed by atoms with Gasteiger partial charge < -0.3 is 10.6 Å². The van der Waals surface area contributed by atoms with E-state index in [0.717, 1.165) is 12.8 Å². The summed E-state index contributed by atoms with van der Waals surface area (Å²) < 4.78 is 0. The standard InChI is InChI=1S/C12H13N3O2/c13-8-3-1-4-9(7-8)15-11(16)10-5-2-6-14(10)12(15)17/h1,3-4,7,10H,2,5-6,13H2. The number of hydrogen-bond donors (Lipinski definition) is 1. The summed E-state index contributed by atoms with van der Waals surface area (Å²) in [4.78, 5) is 27.1. The number of anilines is 2. The van der Waals surface area contributed by atoms with Gasteiger partial charge in [0.25, 0.3) is 5.91 Å². The minimum Gasteiger partial charge on any atom is -0.399 e. The van der Waals surface area contributed by atoms with Crippen molar-refractivity contribution in [2.24, 2.45) is 0 Å². The lowest BCUT2D eigenvalue weighted by atomic mass is 10.2. The normalized spacial score (nSPS) is 23.4. The molecule has 0 aliphatic carbocycles. The molecule has 2 fully saturated rings. The van der Waals surface area contributed by atoms with Gasteiger partial charge in [-0.05, 0) is 31.0 Å². The van der Waals surface area contributed by atoms with Crippen LogP contribution in [-0.2, 0) is 4.79 Å². The quantitative estimate of drug-likeness (QED) is 0.583. The number of carbonyl (C=O) groups is 2. The molecule has 2 saturated heterocycles. The van der Waals surface area contributed by atoms with Crippen LogP contribution < -0.4 is 10.6 Å². The molecule has 1 aromatic rings. The van der Waals surface area contributed by atoms with Gasteiger partial charge in [-0.3, -0.25) is 4.79 Å². The average molecular weight is 231 g/mol. The number of amides is 3. The first-order chi connectivity index (χ1) is 8.18. The van der Waals surface area contributed by atoms with Gasteiger partial charge in [-0.2, -0.15) is 0 Å². The van der Waals surface area contributed by atoms with Crippen molar-refractivity contribution in [3.05, 3.63) is 24.3 Å². The highest BCUT2D eigenvalue weighted by atomic mass is 16.2. The number of carbonyl (C=O) groups excluding carboxylic acids is 2. The van der Waals surface area contributed by atoms with Crippen molar-refractivity contribution in [2.75, 3.05) is 17.2 Å². The first kappa shape index (κ1) is 10.1. The summed E-state index contributed by atoms with van der Waals surface area (Å²) in [6.07, 6.45) is 1.68. The molecular formula is C12H13N3O2. The molecule has 0 spiro atoms. The lowest BCUT2D eigenvalue weighted by Crippen LogP contribution is -2.33. The third kappa shape index (κ3) is 1.39. The Morgan fingerprint density at radius 1 is 1.29 bits per heavy atom. The molecule has 2 heterocycles. The molecule has 2 aliphatic heterocycles. The maximum atomic E-state index is 12.1. The van der Waals surface area contributed by atoms with Crippen LogP contribution in [0, 0.1) is 0 Å². The Hall–Kier alpha value is -2.04. The number of nitrogens with two attached hydrogens (primary N) is 1. The van der Waals surface area contributed by atoms with Gasteiger partial charge in [0.15, 0.2) is 0 Å². The Bertz CT molecular complexity index is 478. The van der Waals surface area contributed by atoms with Crippen LogP contribution in [0.15, 0.2) is 24.3 Å². The van der Waals surface area contributed by atoms with E-state index in [9.17, 15) is 9.59 Å². The van der Waals surface area contributed by atoms with E-state index in [1.807, 2.05) is 0 Å². The maximum Gasteiger partial charge on any atom is 0.332 e. The molecule has 2 N–H and O–H groups in total. The average Bonchev–Trinajstić information content (AvgIpc) is 2.84. The number of urea groups is 1. The molecule has 17 heavy (non-hydrogen) atoms. The molecule has 5 heteroatoms. The minimum absolute atomic E-state index is 0.127. The third-order valence-electron chi connectivity index (χ3n) is 3.32. The highest BCUT2D eigenvalue weighted by Crippen LogP contribution is 2.31. The number of nitrogens with zero attached hydrogens (tertiary/aromatic N) is 2. The summed E-state index contributed by atoms with van der Waals surface area (Å²) >= 11 is 0. The van der Waals surface area contributed by atoms with Gasteiger partial charge in [0.05, 0.1) is 5.69 Å². The fraction of sp³-hybridized carbons (Fsp3) is 0.333. The summed E-state index contributed by atoms with van der Waals surface area (Å²) in [5.41, 5.74) is 6.79. The van der Waals surface area contributed by atoms with E-state index in [4.69, 9.17) is 5.73 Å². The van der Waals surface area contributed by atoms with Crippen molar-refractivity contribution < 1.29 is 9.59 Å². The molecule has 1 unspecified atom stereocenters. The first-order valence-corrected chi connectivity index (χ1v) is 5.68. The van der Waals surface area contributed by atoms with E-state index in [-0.39, 0.29) is 18.0 Å². The smallest absolute Gasteiger partial charge is 0.332 e. The zero-order chi connectivity index (χ0) is 12.0. The second-order valence-corrected chi connectivity index (χ2v) is 4.40. The highest BCUT2D eigenvalue weighted by molar-refractivity contribution is 6.21. The highest BCUT2D eigenvalue weighted by Gasteiger charge is 2.47. The molecule has 5 nitrogen and oxygen atoms in total. The fourth-order valence-corrected chi connectivity index (χ4v) is 2.53. The third-order valence-corrected chi connectivity index (χ3v) is 3.32. The van der Waals surface area contributed by atoms with Crippen molar-refractivity contribution in [1.82, 2.24) is 4.90 Å². The number of benzene rings is 1. The molecule has 0 radical (unpaired) electrons. The van der Waals surface area contributed by atoms with Gasteiger partial charge >= 0.3 is 6.03 Å². The first-order valence-electron chi connectivity index (χ1n) is 5.68. The van der Waals surface area contributed by atoms with E-state index in [1.54, 1.807) is 29.2 Å². The van der Waals surface area contributed by atoms with E-state index < -0.39 is 0 Å². The van der Waals surface area contributed by atoms with E-state index in [1.165, 1.54) is 4.90 Å². The van der Waals surface area contributed by atoms with Crippen LogP contribution in [0.5, 0.6) is 0 Å². The molecule has 0 bridgehead atoms. The zero-order valence-electron chi connectivity index (χ0n) is 9.30. The second kappa shape index (κ2) is 3.48. The predicted molar refractivity (Wildman–Crippen MR) is 63.5 cm³/mol. The predicted octanol–water partition coefficient (Wildman–Crippen LogP) is 1.20. The molecule has 88 valence electrons. The maximum absolute atomic E-state index is 12.1. The van der Waals surface area contributed by atoms with Crippen LogP contribution in [0.25, 0.3) is 0 Å². The topological polar surface area (TPSA) is 66.6 Å². The Balaban J connectivity index is 1.99. The van der Waals surface area contributed by atoms with Crippen LogP contribution in [0.3, 0.4) is 0 Å². The van der Waals surface area contributed by atoms with Gasteiger partial charge in [0.2, 0.25) is 0 Å². The SMILES string of the molecule is Nc1cccc(N2C(=O)C3CCCN3C2=O)c1. The molecule has 2 aliphatic rings. The summed E-state index contributed by atoms with van der Waals surface area (Å²) in [5.74, 6) is -0.127. The van der Waals surface area contributed by atoms with Gasteiger partial charge in [-0.15, -0.1) is 0 Å². The number of imide groups is 1. The van der Waals surface area contributed by atoms with E-state index in [2.05, 4.69) is 0 Å². The van der Waals surface area contributed by atoms with Crippen molar-refractivity contribution in [2.45, 2.75) is 18.9 Å². The molecule has 0 aromatic heterocycles. The van der Waals surface area contributed by atoms with Crippen molar-refractivity contribution in [3.8, 4) is 0 Å². The van der Waals surface area contributed by atoms with Crippen LogP contribution >= 0.6 is 0 Å². The number of hydrogen-bond acceptors (Lipinski definition) is 3. The van der Waals surface area contributed by atoms with Crippen molar-refractivity contribution in [3.63, 3.8) is 0 Å². The second-order valence-electron chi connectivity index (χ2n) is 4.40. The minimum atomic E-state index is -0.260.